The number of nitrogens with one attached hydrogen (secondary N) is 1. The highest BCUT2D eigenvalue weighted by atomic mass is 35.5. The van der Waals surface area contributed by atoms with E-state index < -0.39 is 29.7 Å². The summed E-state index contributed by atoms with van der Waals surface area (Å²) in [6, 6.07) is 0.328. The molecule has 0 spiro atoms. The van der Waals surface area contributed by atoms with Crippen LogP contribution in [0.25, 0.3) is 0 Å². The number of piperazine rings is 1. The van der Waals surface area contributed by atoms with Crippen molar-refractivity contribution < 1.29 is 17.6 Å². The summed E-state index contributed by atoms with van der Waals surface area (Å²) in [5, 5.41) is 2.65. The van der Waals surface area contributed by atoms with Crippen molar-refractivity contribution >= 4 is 36.4 Å². The van der Waals surface area contributed by atoms with Gasteiger partial charge in [-0.2, -0.15) is 0 Å². The first kappa shape index (κ1) is 20.7. The van der Waals surface area contributed by atoms with Crippen LogP contribution >= 0.6 is 36.4 Å². The van der Waals surface area contributed by atoms with Crippen LogP contribution in [0.15, 0.2) is 12.1 Å². The van der Waals surface area contributed by atoms with Crippen LogP contribution < -0.4 is 5.32 Å². The van der Waals surface area contributed by atoms with E-state index in [4.69, 9.17) is 11.6 Å². The van der Waals surface area contributed by atoms with Gasteiger partial charge in [-0.05, 0) is 12.1 Å². The maximum absolute atomic E-state index is 13.9. The minimum absolute atomic E-state index is 0. The first-order chi connectivity index (χ1) is 9.02. The Labute approximate surface area is 137 Å². The number of hydrogen-bond acceptors (Lipinski definition) is 2. The molecule has 2 rings (SSSR count). The van der Waals surface area contributed by atoms with Crippen molar-refractivity contribution in [3.05, 3.63) is 34.4 Å². The third-order valence-electron chi connectivity index (χ3n) is 3.16. The first-order valence-corrected chi connectivity index (χ1v) is 6.26. The fourth-order valence-corrected chi connectivity index (χ4v) is 2.41. The van der Waals surface area contributed by atoms with Crippen LogP contribution in [0, 0.1) is 11.6 Å². The molecule has 0 aromatic heterocycles. The monoisotopic (exact) mass is 368 g/mol. The van der Waals surface area contributed by atoms with Gasteiger partial charge in [0.15, 0.2) is 0 Å². The Morgan fingerprint density at radius 1 is 1.10 bits per heavy atom. The summed E-state index contributed by atoms with van der Waals surface area (Å²) in [6.45, 7) is 1.63. The first-order valence-electron chi connectivity index (χ1n) is 5.88. The maximum atomic E-state index is 13.9. The van der Waals surface area contributed by atoms with Gasteiger partial charge in [0, 0.05) is 31.7 Å². The molecule has 1 N–H and O–H groups in total. The highest BCUT2D eigenvalue weighted by Crippen LogP contribution is 2.34. The number of alkyl halides is 2. The van der Waals surface area contributed by atoms with Crippen LogP contribution in [0.4, 0.5) is 17.6 Å². The highest BCUT2D eigenvalue weighted by Gasteiger charge is 2.35. The Kier molecular flexibility index (Phi) is 8.89. The molecule has 0 amide bonds. The highest BCUT2D eigenvalue weighted by molar-refractivity contribution is 6.30. The molecule has 0 radical (unpaired) electrons. The van der Waals surface area contributed by atoms with Crippen molar-refractivity contribution in [1.82, 2.24) is 10.2 Å². The molecule has 122 valence electrons. The number of hydrogen-bond donors (Lipinski definition) is 1. The molecule has 2 nitrogen and oxygen atoms in total. The minimum Gasteiger partial charge on any atom is -0.314 e. The Hall–Kier alpha value is -0.270. The molecule has 1 aliphatic rings. The van der Waals surface area contributed by atoms with E-state index in [1.54, 1.807) is 0 Å². The van der Waals surface area contributed by atoms with Gasteiger partial charge in [-0.1, -0.05) is 11.6 Å². The second-order valence-corrected chi connectivity index (χ2v) is 4.73. The number of rotatable bonds is 3. The lowest BCUT2D eigenvalue weighted by Crippen LogP contribution is -2.47. The van der Waals surface area contributed by atoms with Crippen molar-refractivity contribution in [2.75, 3.05) is 26.2 Å². The molecule has 1 aromatic rings. The molecule has 0 unspecified atom stereocenters. The van der Waals surface area contributed by atoms with E-state index in [0.29, 0.717) is 26.2 Å². The van der Waals surface area contributed by atoms with Gasteiger partial charge in [0.05, 0.1) is 5.02 Å². The average molecular weight is 370 g/mol. The van der Waals surface area contributed by atoms with Gasteiger partial charge in [-0.15, -0.1) is 24.8 Å². The lowest BCUT2D eigenvalue weighted by atomic mass is 10.0. The van der Waals surface area contributed by atoms with E-state index >= 15 is 0 Å². The van der Waals surface area contributed by atoms with E-state index in [9.17, 15) is 17.6 Å². The van der Waals surface area contributed by atoms with E-state index in [-0.39, 0.29) is 29.8 Å². The molecule has 1 saturated heterocycles. The molecule has 0 saturated carbocycles. The van der Waals surface area contributed by atoms with Crippen molar-refractivity contribution in [3.63, 3.8) is 0 Å². The third-order valence-corrected chi connectivity index (χ3v) is 3.45. The molecular formula is C12H15Cl3F4N2. The van der Waals surface area contributed by atoms with Crippen LogP contribution in [0.2, 0.25) is 5.02 Å². The summed E-state index contributed by atoms with van der Waals surface area (Å²) in [4.78, 5) is 1.37. The molecule has 1 aromatic carbocycles. The van der Waals surface area contributed by atoms with E-state index in [0.717, 1.165) is 12.1 Å². The van der Waals surface area contributed by atoms with Crippen LogP contribution in [0.1, 0.15) is 11.6 Å². The van der Waals surface area contributed by atoms with Crippen LogP contribution in [-0.4, -0.2) is 37.5 Å². The van der Waals surface area contributed by atoms with Gasteiger partial charge in [0.25, 0.3) is 6.43 Å². The van der Waals surface area contributed by atoms with Gasteiger partial charge >= 0.3 is 0 Å². The molecule has 0 bridgehead atoms. The second-order valence-electron chi connectivity index (χ2n) is 4.32. The summed E-state index contributed by atoms with van der Waals surface area (Å²) in [6.07, 6.45) is -2.89. The fraction of sp³-hybridized carbons (Fsp3) is 0.500. The summed E-state index contributed by atoms with van der Waals surface area (Å²) in [5.41, 5.74) is -0.649. The topological polar surface area (TPSA) is 15.3 Å². The number of nitrogens with zero attached hydrogens (tertiary/aromatic N) is 1. The molecule has 1 fully saturated rings. The van der Waals surface area contributed by atoms with Gasteiger partial charge in [0.2, 0.25) is 0 Å². The Morgan fingerprint density at radius 3 is 2.19 bits per heavy atom. The zero-order chi connectivity index (χ0) is 14.0. The van der Waals surface area contributed by atoms with Crippen LogP contribution in [0.3, 0.4) is 0 Å². The van der Waals surface area contributed by atoms with Gasteiger partial charge < -0.3 is 5.32 Å². The fourth-order valence-electron chi connectivity index (χ4n) is 2.24. The van der Waals surface area contributed by atoms with Crippen molar-refractivity contribution in [2.24, 2.45) is 0 Å². The predicted molar refractivity (Wildman–Crippen MR) is 79.1 cm³/mol. The largest absolute Gasteiger partial charge is 0.314 e. The zero-order valence-electron chi connectivity index (χ0n) is 10.8. The van der Waals surface area contributed by atoms with E-state index in [1.165, 1.54) is 4.90 Å². The van der Waals surface area contributed by atoms with E-state index in [1.807, 2.05) is 0 Å². The minimum atomic E-state index is -2.89. The van der Waals surface area contributed by atoms with Gasteiger partial charge in [0.1, 0.15) is 17.7 Å². The Morgan fingerprint density at radius 2 is 1.67 bits per heavy atom. The molecule has 0 aliphatic carbocycles. The summed E-state index contributed by atoms with van der Waals surface area (Å²) in [7, 11) is 0. The summed E-state index contributed by atoms with van der Waals surface area (Å²) in [5.74, 6) is -2.10. The van der Waals surface area contributed by atoms with Crippen LogP contribution in [0.5, 0.6) is 0 Å². The third kappa shape index (κ3) is 4.60. The molecule has 1 atom stereocenters. The Bertz CT molecular complexity index is 456. The Balaban J connectivity index is 0.00000200. The zero-order valence-corrected chi connectivity index (χ0v) is 13.2. The SMILES string of the molecule is Cl.Cl.Fc1ccc(Cl)c(F)c1[C@@H](C(F)F)N1CCNCC1. The smallest absolute Gasteiger partial charge is 0.258 e. The number of benzene rings is 1. The van der Waals surface area contributed by atoms with Crippen molar-refractivity contribution in [3.8, 4) is 0 Å². The maximum Gasteiger partial charge on any atom is 0.258 e. The number of halogens is 7. The lowest BCUT2D eigenvalue weighted by Gasteiger charge is -2.34. The van der Waals surface area contributed by atoms with Crippen molar-refractivity contribution in [1.29, 1.82) is 0 Å². The molecule has 1 heterocycles. The van der Waals surface area contributed by atoms with Gasteiger partial charge in [-0.25, -0.2) is 17.6 Å². The molecule has 1 aliphatic heterocycles. The van der Waals surface area contributed by atoms with Crippen LogP contribution in [-0.2, 0) is 0 Å². The summed E-state index contributed by atoms with van der Waals surface area (Å²) < 4.78 is 54.0. The van der Waals surface area contributed by atoms with Crippen molar-refractivity contribution in [2.45, 2.75) is 12.5 Å². The van der Waals surface area contributed by atoms with Gasteiger partial charge in [-0.3, -0.25) is 4.90 Å². The normalized spacial score (nSPS) is 17.0. The van der Waals surface area contributed by atoms with E-state index in [2.05, 4.69) is 5.32 Å². The standard InChI is InChI=1S/C12H13ClF4N2.2ClH/c13-7-1-2-8(14)9(10(7)15)11(12(16)17)19-5-3-18-4-6-19;;/h1-2,11-12,18H,3-6H2;2*1H/t11-;;/m0../s1. The molecule has 21 heavy (non-hydrogen) atoms. The quantitative estimate of drug-likeness (QED) is 0.646. The second kappa shape index (κ2) is 9.00. The molecule has 9 heteroatoms. The molecular weight excluding hydrogens is 354 g/mol. The lowest BCUT2D eigenvalue weighted by molar-refractivity contribution is 0.0145. The summed E-state index contributed by atoms with van der Waals surface area (Å²) >= 11 is 5.56. The predicted octanol–water partition coefficient (Wildman–Crippen LogP) is 3.67. The average Bonchev–Trinajstić information content (AvgIpc) is 2.39.